The number of halogens is 1. The number of rotatable bonds is 6. The summed E-state index contributed by atoms with van der Waals surface area (Å²) in [6.45, 7) is 4.18. The summed E-state index contributed by atoms with van der Waals surface area (Å²) in [5.74, 6) is -1.42. The number of esters is 1. The summed E-state index contributed by atoms with van der Waals surface area (Å²) >= 11 is 0. The van der Waals surface area contributed by atoms with Crippen molar-refractivity contribution in [1.29, 1.82) is 0 Å². The Morgan fingerprint density at radius 2 is 2.04 bits per heavy atom. The molecule has 1 aliphatic heterocycles. The van der Waals surface area contributed by atoms with Crippen LogP contribution < -0.4 is 0 Å². The molecule has 1 aromatic rings. The van der Waals surface area contributed by atoms with Crippen LogP contribution in [0, 0.1) is 5.82 Å². The third-order valence-corrected chi connectivity index (χ3v) is 3.72. The number of methoxy groups -OCH3 is 1. The van der Waals surface area contributed by atoms with Crippen LogP contribution in [0.2, 0.25) is 0 Å². The molecule has 0 saturated carbocycles. The summed E-state index contributed by atoms with van der Waals surface area (Å²) < 4.78 is 24.0. The third kappa shape index (κ3) is 3.54. The smallest absolute Gasteiger partial charge is 0.340 e. The van der Waals surface area contributed by atoms with E-state index in [-0.39, 0.29) is 29.2 Å². The van der Waals surface area contributed by atoms with Crippen molar-refractivity contribution in [3.05, 3.63) is 52.5 Å². The van der Waals surface area contributed by atoms with E-state index in [2.05, 4.69) is 0 Å². The van der Waals surface area contributed by atoms with Gasteiger partial charge in [0.2, 0.25) is 0 Å². The molecule has 1 heterocycles. The Balaban J connectivity index is 2.49. The minimum atomic E-state index is -0.592. The highest BCUT2D eigenvalue weighted by Crippen LogP contribution is 2.31. The van der Waals surface area contributed by atoms with Gasteiger partial charge in [0.25, 0.3) is 5.91 Å². The highest BCUT2D eigenvalue weighted by molar-refractivity contribution is 6.16. The Morgan fingerprint density at radius 1 is 1.33 bits per heavy atom. The molecule has 24 heavy (non-hydrogen) atoms. The predicted molar refractivity (Wildman–Crippen MR) is 87.3 cm³/mol. The molecule has 0 N–H and O–H groups in total. The van der Waals surface area contributed by atoms with Gasteiger partial charge in [-0.05, 0) is 26.0 Å². The van der Waals surface area contributed by atoms with Gasteiger partial charge < -0.3 is 14.4 Å². The molecule has 1 amide bonds. The van der Waals surface area contributed by atoms with Crippen molar-refractivity contribution < 1.29 is 23.5 Å². The topological polar surface area (TPSA) is 55.8 Å². The second kappa shape index (κ2) is 7.88. The fourth-order valence-corrected chi connectivity index (χ4v) is 2.53. The first-order chi connectivity index (χ1) is 11.5. The van der Waals surface area contributed by atoms with Crippen LogP contribution in [0.5, 0.6) is 0 Å². The molecular formula is C18H20FNO4. The zero-order valence-electron chi connectivity index (χ0n) is 14.0. The zero-order valence-corrected chi connectivity index (χ0v) is 14.0. The van der Waals surface area contributed by atoms with Gasteiger partial charge in [0.1, 0.15) is 5.82 Å². The first-order valence-electron chi connectivity index (χ1n) is 7.66. The molecule has 128 valence electrons. The molecule has 0 fully saturated rings. The molecular weight excluding hydrogens is 313 g/mol. The zero-order chi connectivity index (χ0) is 17.7. The van der Waals surface area contributed by atoms with Crippen molar-refractivity contribution in [2.45, 2.75) is 13.8 Å². The molecule has 1 aliphatic rings. The van der Waals surface area contributed by atoms with E-state index >= 15 is 0 Å². The normalized spacial score (nSPS) is 16.2. The van der Waals surface area contributed by atoms with Gasteiger partial charge in [0, 0.05) is 24.9 Å². The molecule has 0 radical (unpaired) electrons. The first kappa shape index (κ1) is 17.9. The molecule has 0 aliphatic carbocycles. The lowest BCUT2D eigenvalue weighted by Crippen LogP contribution is -2.28. The fraction of sp³-hybridized carbons (Fsp3) is 0.333. The van der Waals surface area contributed by atoms with Crippen LogP contribution in [-0.2, 0) is 19.1 Å². The van der Waals surface area contributed by atoms with E-state index in [0.717, 1.165) is 0 Å². The Labute approximate surface area is 140 Å². The third-order valence-electron chi connectivity index (χ3n) is 3.72. The number of carbonyl (C=O) groups excluding carboxylic acids is 2. The minimum Gasteiger partial charge on any atom is -0.462 e. The number of amides is 1. The average Bonchev–Trinajstić information content (AvgIpc) is 2.78. The van der Waals surface area contributed by atoms with Gasteiger partial charge >= 0.3 is 5.97 Å². The van der Waals surface area contributed by atoms with Crippen molar-refractivity contribution >= 4 is 18.0 Å². The van der Waals surface area contributed by atoms with Crippen LogP contribution >= 0.6 is 0 Å². The SMILES string of the molecule is CCOC(=O)C1=C(C)N(CCOC)C(=O)/C1=C\c1ccccc1F. The molecule has 0 spiro atoms. The number of allylic oxidation sites excluding steroid dienone is 1. The van der Waals surface area contributed by atoms with Crippen LogP contribution in [0.15, 0.2) is 41.1 Å². The molecule has 0 bridgehead atoms. The molecule has 0 aromatic heterocycles. The Kier molecular flexibility index (Phi) is 5.87. The number of ether oxygens (including phenoxy) is 2. The van der Waals surface area contributed by atoms with E-state index in [9.17, 15) is 14.0 Å². The van der Waals surface area contributed by atoms with Crippen LogP contribution in [0.4, 0.5) is 4.39 Å². The second-order valence-corrected chi connectivity index (χ2v) is 5.21. The quantitative estimate of drug-likeness (QED) is 0.593. The van der Waals surface area contributed by atoms with Crippen LogP contribution in [0.25, 0.3) is 6.08 Å². The van der Waals surface area contributed by atoms with E-state index in [1.54, 1.807) is 32.0 Å². The van der Waals surface area contributed by atoms with E-state index in [4.69, 9.17) is 9.47 Å². The fourth-order valence-electron chi connectivity index (χ4n) is 2.53. The predicted octanol–water partition coefficient (Wildman–Crippen LogP) is 2.53. The highest BCUT2D eigenvalue weighted by atomic mass is 19.1. The first-order valence-corrected chi connectivity index (χ1v) is 7.66. The molecule has 5 nitrogen and oxygen atoms in total. The number of hydrogen-bond acceptors (Lipinski definition) is 4. The van der Waals surface area contributed by atoms with E-state index < -0.39 is 11.8 Å². The van der Waals surface area contributed by atoms with Gasteiger partial charge in [0.15, 0.2) is 0 Å². The maximum atomic E-state index is 13.9. The summed E-state index contributed by atoms with van der Waals surface area (Å²) in [6, 6.07) is 6.07. The minimum absolute atomic E-state index is 0.132. The lowest BCUT2D eigenvalue weighted by atomic mass is 10.0. The summed E-state index contributed by atoms with van der Waals surface area (Å²) in [6.07, 6.45) is 1.39. The van der Waals surface area contributed by atoms with Gasteiger partial charge in [-0.15, -0.1) is 0 Å². The summed E-state index contributed by atoms with van der Waals surface area (Å²) in [7, 11) is 1.53. The maximum absolute atomic E-state index is 13.9. The number of hydrogen-bond donors (Lipinski definition) is 0. The largest absolute Gasteiger partial charge is 0.462 e. The van der Waals surface area contributed by atoms with E-state index in [0.29, 0.717) is 18.8 Å². The van der Waals surface area contributed by atoms with Crippen LogP contribution in [0.1, 0.15) is 19.4 Å². The maximum Gasteiger partial charge on any atom is 0.340 e. The average molecular weight is 333 g/mol. The Morgan fingerprint density at radius 3 is 2.67 bits per heavy atom. The molecule has 0 atom stereocenters. The van der Waals surface area contributed by atoms with E-state index in [1.165, 1.54) is 24.2 Å². The number of carbonyl (C=O) groups is 2. The van der Waals surface area contributed by atoms with Crippen LogP contribution in [-0.4, -0.2) is 43.6 Å². The Bertz CT molecular complexity index is 709. The summed E-state index contributed by atoms with van der Waals surface area (Å²) in [5, 5.41) is 0. The van der Waals surface area contributed by atoms with Crippen molar-refractivity contribution in [2.75, 3.05) is 26.9 Å². The molecule has 2 rings (SSSR count). The summed E-state index contributed by atoms with van der Waals surface area (Å²) in [4.78, 5) is 26.4. The van der Waals surface area contributed by atoms with Gasteiger partial charge in [-0.2, -0.15) is 0 Å². The van der Waals surface area contributed by atoms with E-state index in [1.807, 2.05) is 0 Å². The standard InChI is InChI=1S/C18H20FNO4/c1-4-24-18(22)16-12(2)20(9-10-23-3)17(21)14(16)11-13-7-5-6-8-15(13)19/h5-8,11H,4,9-10H2,1-3H3/b14-11-. The lowest BCUT2D eigenvalue weighted by Gasteiger charge is -2.16. The highest BCUT2D eigenvalue weighted by Gasteiger charge is 2.37. The van der Waals surface area contributed by atoms with Crippen LogP contribution in [0.3, 0.4) is 0 Å². The van der Waals surface area contributed by atoms with Gasteiger partial charge in [-0.1, -0.05) is 18.2 Å². The molecule has 1 aromatic carbocycles. The molecule has 6 heteroatoms. The van der Waals surface area contributed by atoms with Crippen molar-refractivity contribution in [2.24, 2.45) is 0 Å². The molecule has 0 saturated heterocycles. The van der Waals surface area contributed by atoms with Crippen molar-refractivity contribution in [1.82, 2.24) is 4.90 Å². The van der Waals surface area contributed by atoms with Gasteiger partial charge in [-0.25, -0.2) is 9.18 Å². The monoisotopic (exact) mass is 333 g/mol. The van der Waals surface area contributed by atoms with Crippen molar-refractivity contribution in [3.8, 4) is 0 Å². The second-order valence-electron chi connectivity index (χ2n) is 5.21. The number of benzene rings is 1. The summed E-state index contributed by atoms with van der Waals surface area (Å²) in [5.41, 5.74) is 1.02. The van der Waals surface area contributed by atoms with Gasteiger partial charge in [-0.3, -0.25) is 4.79 Å². The number of nitrogens with zero attached hydrogens (tertiary/aromatic N) is 1. The lowest BCUT2D eigenvalue weighted by molar-refractivity contribution is -0.138. The van der Waals surface area contributed by atoms with Crippen molar-refractivity contribution in [3.63, 3.8) is 0 Å². The molecule has 0 unspecified atom stereocenters. The Hall–Kier alpha value is -2.47. The van der Waals surface area contributed by atoms with Gasteiger partial charge in [0.05, 0.1) is 24.4 Å².